The van der Waals surface area contributed by atoms with E-state index in [0.717, 1.165) is 0 Å². The van der Waals surface area contributed by atoms with E-state index in [1.807, 2.05) is 0 Å². The topological polar surface area (TPSA) is 44.4 Å². The van der Waals surface area contributed by atoms with E-state index in [0.29, 0.717) is 12.4 Å². The van der Waals surface area contributed by atoms with Gasteiger partial charge in [0.25, 0.3) is 0 Å². The lowest BCUT2D eigenvalue weighted by molar-refractivity contribution is 0.251. The lowest BCUT2D eigenvalue weighted by Gasteiger charge is -2.13. The summed E-state index contributed by atoms with van der Waals surface area (Å²) in [5.74, 6) is -0.316. The van der Waals surface area contributed by atoms with Crippen molar-refractivity contribution >= 4 is 11.7 Å². The highest BCUT2D eigenvalue weighted by Crippen LogP contribution is 2.13. The number of anilines is 1. The van der Waals surface area contributed by atoms with Gasteiger partial charge in [-0.25, -0.2) is 19.6 Å². The van der Waals surface area contributed by atoms with E-state index >= 15 is 0 Å². The van der Waals surface area contributed by atoms with Crippen LogP contribution in [-0.2, 0) is 0 Å². The molecule has 5 heteroatoms. The number of hydrogen-bond acceptors (Lipinski definition) is 2. The van der Waals surface area contributed by atoms with Crippen LogP contribution in [0.25, 0.3) is 0 Å². The number of hydrogen-bond donors (Lipinski definition) is 2. The van der Waals surface area contributed by atoms with E-state index in [1.54, 1.807) is 0 Å². The van der Waals surface area contributed by atoms with Crippen LogP contribution in [0.15, 0.2) is 24.3 Å². The number of benzene rings is 1. The van der Waals surface area contributed by atoms with Crippen molar-refractivity contribution in [1.29, 1.82) is 0 Å². The third-order valence-electron chi connectivity index (χ3n) is 1.76. The van der Waals surface area contributed by atoms with Crippen LogP contribution in [0.5, 0.6) is 0 Å². The van der Waals surface area contributed by atoms with Crippen LogP contribution in [-0.4, -0.2) is 12.7 Å². The smallest absolute Gasteiger partial charge is 0.322 e. The van der Waals surface area contributed by atoms with Gasteiger partial charge in [-0.15, -0.1) is 0 Å². The Bertz CT molecular complexity index is 325. The van der Waals surface area contributed by atoms with Crippen LogP contribution in [0.1, 0.15) is 0 Å². The van der Waals surface area contributed by atoms with Crippen LogP contribution >= 0.6 is 0 Å². The first-order valence-electron chi connectivity index (χ1n) is 3.84. The monoisotopic (exact) mass is 181 g/mol. The molecule has 68 valence electrons. The molecule has 2 amide bonds. The highest BCUT2D eigenvalue weighted by atomic mass is 19.1. The van der Waals surface area contributed by atoms with Gasteiger partial charge < -0.3 is 5.32 Å². The number of rotatable bonds is 1. The van der Waals surface area contributed by atoms with Gasteiger partial charge in [-0.1, -0.05) is 0 Å². The van der Waals surface area contributed by atoms with Crippen molar-refractivity contribution in [3.05, 3.63) is 30.1 Å². The van der Waals surface area contributed by atoms with E-state index < -0.39 is 0 Å². The molecule has 1 aromatic rings. The summed E-state index contributed by atoms with van der Waals surface area (Å²) in [5.41, 5.74) is 3.41. The lowest BCUT2D eigenvalue weighted by atomic mass is 10.3. The van der Waals surface area contributed by atoms with Crippen LogP contribution in [0.4, 0.5) is 14.9 Å². The van der Waals surface area contributed by atoms with Crippen molar-refractivity contribution in [3.63, 3.8) is 0 Å². The fraction of sp³-hybridized carbons (Fsp3) is 0.125. The number of halogens is 1. The summed E-state index contributed by atoms with van der Waals surface area (Å²) in [5, 5.41) is 3.90. The predicted octanol–water partition coefficient (Wildman–Crippen LogP) is 0.817. The molecule has 1 aliphatic heterocycles. The number of carbonyl (C=O) groups excluding carboxylic acids is 1. The Morgan fingerprint density at radius 2 is 2.00 bits per heavy atom. The van der Waals surface area contributed by atoms with Crippen LogP contribution < -0.4 is 15.8 Å². The summed E-state index contributed by atoms with van der Waals surface area (Å²) < 4.78 is 12.5. The number of nitrogens with one attached hydrogen (secondary N) is 2. The number of hydrazine groups is 1. The molecule has 0 aliphatic carbocycles. The maximum absolute atomic E-state index is 12.5. The molecule has 0 saturated carbocycles. The van der Waals surface area contributed by atoms with Gasteiger partial charge in [0.1, 0.15) is 5.82 Å². The van der Waals surface area contributed by atoms with E-state index in [2.05, 4.69) is 10.7 Å². The molecule has 13 heavy (non-hydrogen) atoms. The molecule has 0 bridgehead atoms. The Kier molecular flexibility index (Phi) is 1.86. The molecule has 0 radical (unpaired) electrons. The van der Waals surface area contributed by atoms with Crippen molar-refractivity contribution in [3.8, 4) is 0 Å². The fourth-order valence-corrected chi connectivity index (χ4v) is 1.14. The minimum atomic E-state index is -0.316. The number of nitrogens with zero attached hydrogens (tertiary/aromatic N) is 1. The Morgan fingerprint density at radius 1 is 1.31 bits per heavy atom. The average molecular weight is 181 g/mol. The molecule has 1 aromatic carbocycles. The van der Waals surface area contributed by atoms with Crippen LogP contribution in [0, 0.1) is 5.82 Å². The highest BCUT2D eigenvalue weighted by Gasteiger charge is 2.20. The molecule has 2 rings (SSSR count). The van der Waals surface area contributed by atoms with Crippen molar-refractivity contribution in [2.45, 2.75) is 0 Å². The van der Waals surface area contributed by atoms with Crippen molar-refractivity contribution < 1.29 is 9.18 Å². The molecule has 1 fully saturated rings. The largest absolute Gasteiger partial charge is 0.337 e. The average Bonchev–Trinajstić information content (AvgIpc) is 2.53. The molecule has 1 aliphatic rings. The lowest BCUT2D eigenvalue weighted by Crippen LogP contribution is -2.34. The van der Waals surface area contributed by atoms with Gasteiger partial charge in [-0.05, 0) is 24.3 Å². The number of carbonyl (C=O) groups is 1. The zero-order valence-electron chi connectivity index (χ0n) is 6.75. The van der Waals surface area contributed by atoms with Crippen molar-refractivity contribution in [1.82, 2.24) is 10.7 Å². The Balaban J connectivity index is 2.25. The molecular weight excluding hydrogens is 173 g/mol. The van der Waals surface area contributed by atoms with Crippen molar-refractivity contribution in [2.75, 3.05) is 11.7 Å². The van der Waals surface area contributed by atoms with Gasteiger partial charge in [-0.3, -0.25) is 0 Å². The quantitative estimate of drug-likeness (QED) is 0.673. The zero-order valence-corrected chi connectivity index (χ0v) is 6.75. The summed E-state index contributed by atoms with van der Waals surface area (Å²) in [6.07, 6.45) is 0. The summed E-state index contributed by atoms with van der Waals surface area (Å²) in [7, 11) is 0. The first-order chi connectivity index (χ1) is 6.27. The Morgan fingerprint density at radius 3 is 2.54 bits per heavy atom. The Labute approximate surface area is 74.3 Å². The second-order valence-corrected chi connectivity index (χ2v) is 2.63. The van der Waals surface area contributed by atoms with Gasteiger partial charge in [0.2, 0.25) is 0 Å². The molecule has 0 spiro atoms. The summed E-state index contributed by atoms with van der Waals surface area (Å²) in [6.45, 7) is 0.399. The third kappa shape index (κ3) is 1.46. The minimum Gasteiger partial charge on any atom is -0.322 e. The number of urea groups is 1. The van der Waals surface area contributed by atoms with Gasteiger partial charge in [0.15, 0.2) is 0 Å². The molecule has 0 atom stereocenters. The molecule has 4 nitrogen and oxygen atoms in total. The maximum atomic E-state index is 12.5. The number of amides is 2. The first kappa shape index (κ1) is 8.00. The van der Waals surface area contributed by atoms with Crippen LogP contribution in [0.2, 0.25) is 0 Å². The molecule has 0 aromatic heterocycles. The maximum Gasteiger partial charge on any atom is 0.337 e. The van der Waals surface area contributed by atoms with Crippen LogP contribution in [0.3, 0.4) is 0 Å². The van der Waals surface area contributed by atoms with Gasteiger partial charge in [0.05, 0.1) is 12.4 Å². The predicted molar refractivity (Wildman–Crippen MR) is 45.4 cm³/mol. The summed E-state index contributed by atoms with van der Waals surface area (Å²) in [6, 6.07) is 5.46. The second-order valence-electron chi connectivity index (χ2n) is 2.63. The summed E-state index contributed by atoms with van der Waals surface area (Å²) in [4.78, 5) is 11.1. The molecule has 1 heterocycles. The van der Waals surface area contributed by atoms with E-state index in [-0.39, 0.29) is 11.8 Å². The molecule has 2 N–H and O–H groups in total. The van der Waals surface area contributed by atoms with Gasteiger partial charge >= 0.3 is 6.03 Å². The highest BCUT2D eigenvalue weighted by molar-refractivity contribution is 5.92. The fourth-order valence-electron chi connectivity index (χ4n) is 1.14. The first-order valence-corrected chi connectivity index (χ1v) is 3.84. The van der Waals surface area contributed by atoms with Gasteiger partial charge in [0, 0.05) is 0 Å². The minimum absolute atomic E-state index is 0.230. The third-order valence-corrected chi connectivity index (χ3v) is 1.76. The normalized spacial score (nSPS) is 16.1. The van der Waals surface area contributed by atoms with E-state index in [9.17, 15) is 9.18 Å². The SMILES string of the molecule is O=C1NCNN1c1ccc(F)cc1. The van der Waals surface area contributed by atoms with E-state index in [4.69, 9.17) is 0 Å². The standard InChI is InChI=1S/C8H8FN3O/c9-6-1-3-7(4-2-6)12-8(13)10-5-11-12/h1-4,11H,5H2,(H,10,13). The zero-order chi connectivity index (χ0) is 9.26. The van der Waals surface area contributed by atoms with Gasteiger partial charge in [-0.2, -0.15) is 0 Å². The summed E-state index contributed by atoms with van der Waals surface area (Å²) >= 11 is 0. The molecular formula is C8H8FN3O. The Hall–Kier alpha value is -1.62. The molecule has 1 saturated heterocycles. The second kappa shape index (κ2) is 3.02. The van der Waals surface area contributed by atoms with Crippen molar-refractivity contribution in [2.24, 2.45) is 0 Å². The molecule has 0 unspecified atom stereocenters. The van der Waals surface area contributed by atoms with E-state index in [1.165, 1.54) is 29.3 Å².